The van der Waals surface area contributed by atoms with Gasteiger partial charge in [-0.3, -0.25) is 9.69 Å². The molecule has 1 aliphatic heterocycles. The second kappa shape index (κ2) is 6.53. The molecule has 1 saturated heterocycles. The molecular formula is C17H16FN3O3S. The van der Waals surface area contributed by atoms with Crippen molar-refractivity contribution in [3.8, 4) is 0 Å². The molecule has 0 saturated carbocycles. The van der Waals surface area contributed by atoms with Crippen molar-refractivity contribution in [2.75, 3.05) is 18.1 Å². The molecule has 4 rings (SSSR count). The summed E-state index contributed by atoms with van der Waals surface area (Å²) in [5.41, 5.74) is 0.879. The highest BCUT2D eigenvalue weighted by Crippen LogP contribution is 2.31. The molecule has 0 aliphatic carbocycles. The van der Waals surface area contributed by atoms with Gasteiger partial charge in [-0.1, -0.05) is 16.5 Å². The lowest BCUT2D eigenvalue weighted by atomic mass is 10.2. The van der Waals surface area contributed by atoms with Crippen molar-refractivity contribution in [3.05, 3.63) is 41.5 Å². The predicted molar refractivity (Wildman–Crippen MR) is 91.5 cm³/mol. The fourth-order valence-electron chi connectivity index (χ4n) is 2.85. The molecule has 2 aromatic heterocycles. The van der Waals surface area contributed by atoms with Crippen LogP contribution in [0.1, 0.15) is 29.1 Å². The molecular weight excluding hydrogens is 345 g/mol. The molecule has 0 unspecified atom stereocenters. The molecule has 0 radical (unpaired) electrons. The standard InChI is InChI=1S/C17H16FN3O3S/c1-10-7-14(20-24-10)16(22)21(9-12-3-2-6-23-12)17-19-13-5-4-11(18)8-15(13)25-17/h4-5,7-8,12H,2-3,6,9H2,1H3/t12-/m0/s1. The molecule has 3 heterocycles. The molecule has 1 fully saturated rings. The number of rotatable bonds is 4. The van der Waals surface area contributed by atoms with Gasteiger partial charge in [-0.25, -0.2) is 9.37 Å². The average molecular weight is 361 g/mol. The lowest BCUT2D eigenvalue weighted by Gasteiger charge is -2.21. The summed E-state index contributed by atoms with van der Waals surface area (Å²) in [6.07, 6.45) is 1.82. The number of ether oxygens (including phenoxy) is 1. The molecule has 0 N–H and O–H groups in total. The Labute approximate surface area is 147 Å². The number of aromatic nitrogens is 2. The van der Waals surface area contributed by atoms with E-state index in [0.717, 1.165) is 12.8 Å². The Balaban J connectivity index is 1.70. The van der Waals surface area contributed by atoms with Gasteiger partial charge in [0.25, 0.3) is 5.91 Å². The third kappa shape index (κ3) is 3.27. The fraction of sp³-hybridized carbons (Fsp3) is 0.353. The summed E-state index contributed by atoms with van der Waals surface area (Å²) in [6.45, 7) is 2.81. The zero-order chi connectivity index (χ0) is 17.4. The minimum Gasteiger partial charge on any atom is -0.376 e. The smallest absolute Gasteiger partial charge is 0.282 e. The van der Waals surface area contributed by atoms with E-state index < -0.39 is 0 Å². The van der Waals surface area contributed by atoms with E-state index in [1.807, 2.05) is 0 Å². The van der Waals surface area contributed by atoms with Gasteiger partial charge < -0.3 is 9.26 Å². The van der Waals surface area contributed by atoms with Gasteiger partial charge in [0.2, 0.25) is 0 Å². The Morgan fingerprint density at radius 3 is 3.04 bits per heavy atom. The number of benzene rings is 1. The van der Waals surface area contributed by atoms with Crippen molar-refractivity contribution in [2.24, 2.45) is 0 Å². The number of hydrogen-bond acceptors (Lipinski definition) is 6. The van der Waals surface area contributed by atoms with Crippen LogP contribution in [0.15, 0.2) is 28.8 Å². The molecule has 25 heavy (non-hydrogen) atoms. The van der Waals surface area contributed by atoms with Crippen LogP contribution >= 0.6 is 11.3 Å². The first-order chi connectivity index (χ1) is 12.1. The van der Waals surface area contributed by atoms with Crippen LogP contribution in [-0.4, -0.2) is 35.3 Å². The Kier molecular flexibility index (Phi) is 4.22. The molecule has 1 atom stereocenters. The van der Waals surface area contributed by atoms with E-state index >= 15 is 0 Å². The minimum absolute atomic E-state index is 0.0410. The SMILES string of the molecule is Cc1cc(C(=O)N(C[C@@H]2CCCO2)c2nc3ccc(F)cc3s2)no1. The summed E-state index contributed by atoms with van der Waals surface area (Å²) in [6, 6.07) is 5.99. The average Bonchev–Trinajstić information content (AvgIpc) is 3.31. The minimum atomic E-state index is -0.327. The number of carbonyl (C=O) groups is 1. The van der Waals surface area contributed by atoms with Gasteiger partial charge >= 0.3 is 0 Å². The van der Waals surface area contributed by atoms with Crippen LogP contribution in [-0.2, 0) is 4.74 Å². The van der Waals surface area contributed by atoms with E-state index in [1.165, 1.54) is 23.5 Å². The second-order valence-corrected chi connectivity index (χ2v) is 6.99. The van der Waals surface area contributed by atoms with E-state index in [2.05, 4.69) is 10.1 Å². The second-order valence-electron chi connectivity index (χ2n) is 5.98. The number of anilines is 1. The summed E-state index contributed by atoms with van der Waals surface area (Å²) in [5.74, 6) is -0.0644. The Morgan fingerprint density at radius 1 is 1.44 bits per heavy atom. The molecule has 130 valence electrons. The molecule has 3 aromatic rings. The lowest BCUT2D eigenvalue weighted by molar-refractivity contribution is 0.0910. The summed E-state index contributed by atoms with van der Waals surface area (Å²) < 4.78 is 24.8. The van der Waals surface area contributed by atoms with Crippen LogP contribution < -0.4 is 4.90 Å². The largest absolute Gasteiger partial charge is 0.376 e. The molecule has 1 aliphatic rings. The number of fused-ring (bicyclic) bond motifs is 1. The van der Waals surface area contributed by atoms with Crippen LogP contribution in [0.5, 0.6) is 0 Å². The number of amides is 1. The third-order valence-corrected chi connectivity index (χ3v) is 5.11. The van der Waals surface area contributed by atoms with Crippen molar-refractivity contribution in [1.29, 1.82) is 0 Å². The van der Waals surface area contributed by atoms with Crippen molar-refractivity contribution < 1.29 is 18.4 Å². The fourth-order valence-corrected chi connectivity index (χ4v) is 3.85. The maximum Gasteiger partial charge on any atom is 0.282 e. The first-order valence-corrected chi connectivity index (χ1v) is 8.85. The summed E-state index contributed by atoms with van der Waals surface area (Å²) in [4.78, 5) is 19.0. The highest BCUT2D eigenvalue weighted by molar-refractivity contribution is 7.22. The first kappa shape index (κ1) is 16.2. The third-order valence-electron chi connectivity index (χ3n) is 4.07. The summed E-state index contributed by atoms with van der Waals surface area (Å²) >= 11 is 1.27. The van der Waals surface area contributed by atoms with Gasteiger partial charge in [-0.05, 0) is 38.0 Å². The lowest BCUT2D eigenvalue weighted by Crippen LogP contribution is -2.37. The number of carbonyl (C=O) groups excluding carboxylic acids is 1. The van der Waals surface area contributed by atoms with Crippen LogP contribution in [0.25, 0.3) is 10.2 Å². The Bertz CT molecular complexity index is 917. The Morgan fingerprint density at radius 2 is 2.32 bits per heavy atom. The number of nitrogens with zero attached hydrogens (tertiary/aromatic N) is 3. The first-order valence-electron chi connectivity index (χ1n) is 8.03. The van der Waals surface area contributed by atoms with Crippen molar-refractivity contribution >= 4 is 32.6 Å². The quantitative estimate of drug-likeness (QED) is 0.711. The molecule has 1 aromatic carbocycles. The Hall–Kier alpha value is -2.32. The van der Waals surface area contributed by atoms with Crippen LogP contribution in [0.4, 0.5) is 9.52 Å². The topological polar surface area (TPSA) is 68.5 Å². The number of hydrogen-bond donors (Lipinski definition) is 0. The van der Waals surface area contributed by atoms with Gasteiger partial charge in [-0.2, -0.15) is 0 Å². The zero-order valence-corrected chi connectivity index (χ0v) is 14.4. The maximum absolute atomic E-state index is 13.5. The number of thiazole rings is 1. The summed E-state index contributed by atoms with van der Waals surface area (Å²) in [7, 11) is 0. The normalized spacial score (nSPS) is 17.3. The number of aryl methyl sites for hydroxylation is 1. The summed E-state index contributed by atoms with van der Waals surface area (Å²) in [5, 5.41) is 4.32. The highest BCUT2D eigenvalue weighted by atomic mass is 32.1. The monoisotopic (exact) mass is 361 g/mol. The molecule has 8 heteroatoms. The van der Waals surface area contributed by atoms with Gasteiger partial charge in [0.15, 0.2) is 10.8 Å². The van der Waals surface area contributed by atoms with E-state index in [1.54, 1.807) is 24.0 Å². The number of halogens is 1. The van der Waals surface area contributed by atoms with Crippen molar-refractivity contribution in [2.45, 2.75) is 25.9 Å². The maximum atomic E-state index is 13.5. The van der Waals surface area contributed by atoms with Crippen LogP contribution in [0, 0.1) is 12.7 Å². The van der Waals surface area contributed by atoms with E-state index in [0.29, 0.717) is 34.3 Å². The van der Waals surface area contributed by atoms with Crippen LogP contribution in [0.2, 0.25) is 0 Å². The highest BCUT2D eigenvalue weighted by Gasteiger charge is 2.28. The van der Waals surface area contributed by atoms with Crippen LogP contribution in [0.3, 0.4) is 0 Å². The molecule has 6 nitrogen and oxygen atoms in total. The molecule has 0 spiro atoms. The van der Waals surface area contributed by atoms with Gasteiger partial charge in [0.05, 0.1) is 22.9 Å². The van der Waals surface area contributed by atoms with Gasteiger partial charge in [0.1, 0.15) is 11.6 Å². The van der Waals surface area contributed by atoms with E-state index in [4.69, 9.17) is 9.26 Å². The predicted octanol–water partition coefficient (Wildman–Crippen LogP) is 3.56. The van der Waals surface area contributed by atoms with E-state index in [-0.39, 0.29) is 23.5 Å². The zero-order valence-electron chi connectivity index (χ0n) is 13.6. The van der Waals surface area contributed by atoms with Gasteiger partial charge in [-0.15, -0.1) is 0 Å². The molecule has 1 amide bonds. The van der Waals surface area contributed by atoms with Gasteiger partial charge in [0, 0.05) is 12.7 Å². The van der Waals surface area contributed by atoms with Crippen molar-refractivity contribution in [1.82, 2.24) is 10.1 Å². The van der Waals surface area contributed by atoms with Crippen molar-refractivity contribution in [3.63, 3.8) is 0 Å². The molecule has 0 bridgehead atoms. The van der Waals surface area contributed by atoms with E-state index in [9.17, 15) is 9.18 Å².